The number of rotatable bonds is 6. The number of pyridine rings is 1. The molecule has 2 amide bonds. The van der Waals surface area contributed by atoms with Crippen LogP contribution in [-0.4, -0.2) is 64.0 Å². The Balaban J connectivity index is 1.59. The molecule has 0 radical (unpaired) electrons. The highest BCUT2D eigenvalue weighted by atomic mass is 16.2. The van der Waals surface area contributed by atoms with Crippen LogP contribution in [0.3, 0.4) is 0 Å². The van der Waals surface area contributed by atoms with Gasteiger partial charge in [0, 0.05) is 45.3 Å². The second-order valence-electron chi connectivity index (χ2n) is 9.43. The summed E-state index contributed by atoms with van der Waals surface area (Å²) in [6.45, 7) is 5.02. The van der Waals surface area contributed by atoms with E-state index >= 15 is 0 Å². The van der Waals surface area contributed by atoms with Gasteiger partial charge in [0.1, 0.15) is 5.69 Å². The first kappa shape index (κ1) is 22.7. The van der Waals surface area contributed by atoms with Crippen molar-refractivity contribution in [2.75, 3.05) is 27.2 Å². The van der Waals surface area contributed by atoms with Crippen molar-refractivity contribution in [3.63, 3.8) is 0 Å². The summed E-state index contributed by atoms with van der Waals surface area (Å²) in [7, 11) is 3.56. The van der Waals surface area contributed by atoms with Crippen LogP contribution in [0.15, 0.2) is 54.9 Å². The molecule has 7 heteroatoms. The van der Waals surface area contributed by atoms with E-state index in [2.05, 4.69) is 47.2 Å². The normalized spacial score (nSPS) is 18.0. The highest BCUT2D eigenvalue weighted by molar-refractivity contribution is 5.94. The van der Waals surface area contributed by atoms with Crippen molar-refractivity contribution >= 4 is 11.8 Å². The summed E-state index contributed by atoms with van der Waals surface area (Å²) in [6.07, 6.45) is 4.75. The number of nitrogens with one attached hydrogen (secondary N) is 1. The number of hydrogen-bond acceptors (Lipinski definition) is 4. The molecule has 1 saturated heterocycles. The molecule has 1 aliphatic heterocycles. The first-order valence-electron chi connectivity index (χ1n) is 11.3. The Bertz CT molecular complexity index is 1140. The van der Waals surface area contributed by atoms with Gasteiger partial charge >= 0.3 is 0 Å². The molecule has 1 atom stereocenters. The van der Waals surface area contributed by atoms with Gasteiger partial charge in [0.25, 0.3) is 5.91 Å². The van der Waals surface area contributed by atoms with Gasteiger partial charge in [-0.05, 0) is 53.6 Å². The maximum Gasteiger partial charge on any atom is 0.274 e. The maximum absolute atomic E-state index is 13.4. The summed E-state index contributed by atoms with van der Waals surface area (Å²) in [4.78, 5) is 34.1. The summed E-state index contributed by atoms with van der Waals surface area (Å²) in [5.41, 5.74) is 3.93. The molecule has 1 fully saturated rings. The molecule has 2 aromatic heterocycles. The number of aromatic nitrogens is 3. The van der Waals surface area contributed by atoms with Gasteiger partial charge in [-0.3, -0.25) is 19.7 Å². The molecule has 0 unspecified atom stereocenters. The van der Waals surface area contributed by atoms with Crippen molar-refractivity contribution in [2.45, 2.75) is 32.6 Å². The van der Waals surface area contributed by atoms with Gasteiger partial charge in [0.15, 0.2) is 0 Å². The van der Waals surface area contributed by atoms with E-state index in [0.717, 1.165) is 22.4 Å². The fourth-order valence-corrected chi connectivity index (χ4v) is 4.61. The van der Waals surface area contributed by atoms with E-state index in [1.807, 2.05) is 24.3 Å². The summed E-state index contributed by atoms with van der Waals surface area (Å²) >= 11 is 0. The monoisotopic (exact) mass is 445 g/mol. The van der Waals surface area contributed by atoms with Crippen LogP contribution in [-0.2, 0) is 11.2 Å². The standard InChI is InChI=1S/C26H31N5O2/c1-18(2)22-15-23(29-28-22)24(32)31-13-10-26(17-31,25(33)30(3)4)16-19-6-5-7-21(14-19)20-8-11-27-12-9-20/h5-9,11-12,14-15,18H,10,13,16-17H2,1-4H3,(H,28,29)/t26-/m0/s1. The van der Waals surface area contributed by atoms with Crippen molar-refractivity contribution in [1.82, 2.24) is 25.0 Å². The van der Waals surface area contributed by atoms with E-state index in [-0.39, 0.29) is 17.7 Å². The van der Waals surface area contributed by atoms with Crippen LogP contribution >= 0.6 is 0 Å². The lowest BCUT2D eigenvalue weighted by Crippen LogP contribution is -2.44. The minimum atomic E-state index is -0.660. The zero-order chi connectivity index (χ0) is 23.6. The van der Waals surface area contributed by atoms with E-state index in [9.17, 15) is 9.59 Å². The zero-order valence-electron chi connectivity index (χ0n) is 19.7. The smallest absolute Gasteiger partial charge is 0.274 e. The first-order valence-corrected chi connectivity index (χ1v) is 11.3. The SMILES string of the molecule is CC(C)c1cc(C(=O)N2CC[C@@](Cc3cccc(-c4ccncc4)c3)(C(=O)N(C)C)C2)n[nH]1. The Hall–Kier alpha value is -3.48. The molecule has 1 N–H and O–H groups in total. The molecule has 172 valence electrons. The minimum absolute atomic E-state index is 0.0528. The van der Waals surface area contributed by atoms with Crippen molar-refractivity contribution in [2.24, 2.45) is 5.41 Å². The fraction of sp³-hybridized carbons (Fsp3) is 0.385. The number of carbonyl (C=O) groups excluding carboxylic acids is 2. The average Bonchev–Trinajstić information content (AvgIpc) is 3.48. The number of benzene rings is 1. The summed E-state index contributed by atoms with van der Waals surface area (Å²) < 4.78 is 0. The lowest BCUT2D eigenvalue weighted by molar-refractivity contribution is -0.138. The predicted octanol–water partition coefficient (Wildman–Crippen LogP) is 3.76. The largest absolute Gasteiger partial charge is 0.348 e. The number of carbonyl (C=O) groups is 2. The molecule has 4 rings (SSSR count). The van der Waals surface area contributed by atoms with E-state index in [4.69, 9.17) is 0 Å². The van der Waals surface area contributed by atoms with Gasteiger partial charge in [0.2, 0.25) is 5.91 Å². The molecule has 3 heterocycles. The molecular weight excluding hydrogens is 414 g/mol. The molecule has 0 aliphatic carbocycles. The minimum Gasteiger partial charge on any atom is -0.348 e. The average molecular weight is 446 g/mol. The fourth-order valence-electron chi connectivity index (χ4n) is 4.61. The summed E-state index contributed by atoms with van der Waals surface area (Å²) in [5, 5.41) is 7.18. The predicted molar refractivity (Wildman–Crippen MR) is 128 cm³/mol. The van der Waals surface area contributed by atoms with Gasteiger partial charge in [-0.1, -0.05) is 38.1 Å². The van der Waals surface area contributed by atoms with Crippen LogP contribution in [0.5, 0.6) is 0 Å². The van der Waals surface area contributed by atoms with E-state index in [1.165, 1.54) is 0 Å². The molecule has 1 aromatic carbocycles. The number of nitrogens with zero attached hydrogens (tertiary/aromatic N) is 4. The van der Waals surface area contributed by atoms with Crippen LogP contribution in [0.1, 0.15) is 47.9 Å². The quantitative estimate of drug-likeness (QED) is 0.626. The third-order valence-corrected chi connectivity index (χ3v) is 6.42. The third kappa shape index (κ3) is 4.67. The molecule has 0 spiro atoms. The molecule has 1 aliphatic rings. The van der Waals surface area contributed by atoms with Gasteiger partial charge in [-0.25, -0.2) is 0 Å². The topological polar surface area (TPSA) is 82.2 Å². The zero-order valence-corrected chi connectivity index (χ0v) is 19.7. The number of amides is 2. The number of likely N-dealkylation sites (tertiary alicyclic amines) is 1. The number of hydrogen-bond donors (Lipinski definition) is 1. The number of aromatic amines is 1. The Kier molecular flexibility index (Phi) is 6.31. The Morgan fingerprint density at radius 1 is 1.12 bits per heavy atom. The Morgan fingerprint density at radius 2 is 1.88 bits per heavy atom. The van der Waals surface area contributed by atoms with Crippen LogP contribution in [0.25, 0.3) is 11.1 Å². The van der Waals surface area contributed by atoms with Crippen LogP contribution in [0.4, 0.5) is 0 Å². The Labute approximate surface area is 194 Å². The van der Waals surface area contributed by atoms with Gasteiger partial charge < -0.3 is 9.80 Å². The lowest BCUT2D eigenvalue weighted by Gasteiger charge is -2.31. The molecule has 33 heavy (non-hydrogen) atoms. The number of H-pyrrole nitrogens is 1. The molecule has 7 nitrogen and oxygen atoms in total. The van der Waals surface area contributed by atoms with Crippen LogP contribution in [0.2, 0.25) is 0 Å². The summed E-state index contributed by atoms with van der Waals surface area (Å²) in [6, 6.07) is 14.0. The first-order chi connectivity index (χ1) is 15.8. The van der Waals surface area contributed by atoms with E-state index < -0.39 is 5.41 Å². The van der Waals surface area contributed by atoms with Crippen LogP contribution < -0.4 is 0 Å². The molecule has 0 bridgehead atoms. The van der Waals surface area contributed by atoms with Crippen molar-refractivity contribution in [1.29, 1.82) is 0 Å². The van der Waals surface area contributed by atoms with Gasteiger partial charge in [0.05, 0.1) is 5.41 Å². The third-order valence-electron chi connectivity index (χ3n) is 6.42. The molecule has 3 aromatic rings. The van der Waals surface area contributed by atoms with E-state index in [0.29, 0.717) is 31.6 Å². The highest BCUT2D eigenvalue weighted by Crippen LogP contribution is 2.37. The highest BCUT2D eigenvalue weighted by Gasteiger charge is 2.47. The lowest BCUT2D eigenvalue weighted by atomic mass is 9.79. The van der Waals surface area contributed by atoms with Gasteiger partial charge in [-0.2, -0.15) is 5.10 Å². The van der Waals surface area contributed by atoms with E-state index in [1.54, 1.807) is 36.3 Å². The maximum atomic E-state index is 13.4. The van der Waals surface area contributed by atoms with Crippen molar-refractivity contribution in [3.8, 4) is 11.1 Å². The van der Waals surface area contributed by atoms with Crippen molar-refractivity contribution < 1.29 is 9.59 Å². The summed E-state index contributed by atoms with van der Waals surface area (Å²) in [5.74, 6) is 0.189. The molecule has 0 saturated carbocycles. The van der Waals surface area contributed by atoms with Crippen LogP contribution in [0, 0.1) is 5.41 Å². The second kappa shape index (κ2) is 9.17. The Morgan fingerprint density at radius 3 is 2.55 bits per heavy atom. The van der Waals surface area contributed by atoms with Gasteiger partial charge in [-0.15, -0.1) is 0 Å². The van der Waals surface area contributed by atoms with Crippen molar-refractivity contribution in [3.05, 3.63) is 71.8 Å². The second-order valence-corrected chi connectivity index (χ2v) is 9.43. The molecular formula is C26H31N5O2.